The minimum absolute atomic E-state index is 0.0767. The van der Waals surface area contributed by atoms with Crippen molar-refractivity contribution < 1.29 is 10.2 Å². The van der Waals surface area contributed by atoms with Crippen LogP contribution in [0.25, 0.3) is 0 Å². The van der Waals surface area contributed by atoms with Crippen LogP contribution in [-0.4, -0.2) is 15.8 Å². The molecule has 0 aromatic heterocycles. The average Bonchev–Trinajstić information content (AvgIpc) is 2.32. The molecule has 104 valence electrons. The Morgan fingerprint density at radius 3 is 2.17 bits per heavy atom. The highest BCUT2D eigenvalue weighted by Crippen LogP contribution is 2.47. The van der Waals surface area contributed by atoms with E-state index in [9.17, 15) is 10.2 Å². The second kappa shape index (κ2) is 4.73. The maximum atomic E-state index is 10.9. The predicted molar refractivity (Wildman–Crippen MR) is 76.5 cm³/mol. The van der Waals surface area contributed by atoms with Crippen molar-refractivity contribution in [3.63, 3.8) is 0 Å². The summed E-state index contributed by atoms with van der Waals surface area (Å²) in [5, 5.41) is 21.0. The van der Waals surface area contributed by atoms with Crippen LogP contribution in [0.2, 0.25) is 0 Å². The van der Waals surface area contributed by atoms with Gasteiger partial charge < -0.3 is 10.2 Å². The van der Waals surface area contributed by atoms with Gasteiger partial charge in [0.1, 0.15) is 5.76 Å². The second-order valence-electron chi connectivity index (χ2n) is 6.77. The molecule has 1 aliphatic carbocycles. The van der Waals surface area contributed by atoms with Gasteiger partial charge in [-0.2, -0.15) is 0 Å². The molecule has 0 saturated heterocycles. The number of hydrogen-bond donors (Lipinski definition) is 2. The third kappa shape index (κ3) is 2.49. The van der Waals surface area contributed by atoms with Gasteiger partial charge in [-0.1, -0.05) is 41.5 Å². The van der Waals surface area contributed by atoms with Crippen molar-refractivity contribution in [3.8, 4) is 0 Å². The molecule has 0 aliphatic heterocycles. The first-order valence-electron chi connectivity index (χ1n) is 6.94. The predicted octanol–water partition coefficient (Wildman–Crippen LogP) is 4.36. The van der Waals surface area contributed by atoms with E-state index in [1.807, 2.05) is 0 Å². The largest absolute Gasteiger partial charge is 0.508 e. The number of hydrogen-bond acceptors (Lipinski definition) is 2. The van der Waals surface area contributed by atoms with Gasteiger partial charge in [0, 0.05) is 6.42 Å². The van der Waals surface area contributed by atoms with Crippen molar-refractivity contribution >= 4 is 0 Å². The van der Waals surface area contributed by atoms with Crippen molar-refractivity contribution in [2.45, 2.75) is 66.4 Å². The van der Waals surface area contributed by atoms with E-state index in [4.69, 9.17) is 0 Å². The molecule has 0 aromatic carbocycles. The van der Waals surface area contributed by atoms with Crippen LogP contribution in [0.1, 0.15) is 60.8 Å². The van der Waals surface area contributed by atoms with E-state index in [0.717, 1.165) is 18.4 Å². The molecule has 1 unspecified atom stereocenters. The second-order valence-corrected chi connectivity index (χ2v) is 6.77. The average molecular weight is 252 g/mol. The van der Waals surface area contributed by atoms with E-state index < -0.39 is 5.60 Å². The van der Waals surface area contributed by atoms with Gasteiger partial charge >= 0.3 is 0 Å². The summed E-state index contributed by atoms with van der Waals surface area (Å²) in [4.78, 5) is 0. The van der Waals surface area contributed by atoms with Crippen molar-refractivity contribution in [1.82, 2.24) is 0 Å². The van der Waals surface area contributed by atoms with Gasteiger partial charge in [-0.05, 0) is 41.4 Å². The first-order chi connectivity index (χ1) is 8.09. The van der Waals surface area contributed by atoms with E-state index in [1.54, 1.807) is 12.2 Å². The monoisotopic (exact) mass is 252 g/mol. The van der Waals surface area contributed by atoms with Crippen LogP contribution in [0.5, 0.6) is 0 Å². The van der Waals surface area contributed by atoms with Gasteiger partial charge in [-0.15, -0.1) is 0 Å². The molecule has 0 bridgehead atoms. The smallest absolute Gasteiger partial charge is 0.115 e. The fourth-order valence-corrected chi connectivity index (χ4v) is 2.31. The zero-order valence-corrected chi connectivity index (χ0v) is 12.7. The Morgan fingerprint density at radius 1 is 1.17 bits per heavy atom. The van der Waals surface area contributed by atoms with Gasteiger partial charge in [0.15, 0.2) is 0 Å². The highest BCUT2D eigenvalue weighted by molar-refractivity contribution is 5.34. The van der Waals surface area contributed by atoms with Gasteiger partial charge in [-0.25, -0.2) is 0 Å². The Balaban J connectivity index is 3.16. The molecule has 0 saturated carbocycles. The van der Waals surface area contributed by atoms with Gasteiger partial charge in [-0.3, -0.25) is 0 Å². The molecule has 2 N–H and O–H groups in total. The first kappa shape index (κ1) is 15.3. The van der Waals surface area contributed by atoms with Crippen LogP contribution in [0.4, 0.5) is 0 Å². The summed E-state index contributed by atoms with van der Waals surface area (Å²) >= 11 is 0. The summed E-state index contributed by atoms with van der Waals surface area (Å²) in [7, 11) is 0. The third-order valence-electron chi connectivity index (χ3n) is 5.03. The lowest BCUT2D eigenvalue weighted by atomic mass is 9.64. The number of aliphatic hydroxyl groups excluding tert-OH is 1. The molecule has 0 aromatic rings. The molecule has 18 heavy (non-hydrogen) atoms. The Labute approximate surface area is 111 Å². The standard InChI is InChI=1S/C16H28O2/c1-7-14(3,4)12-11-16(18,10-9-13(12)17)15(5,6)8-2/h9-10,17-18H,7-8,11H2,1-6H3. The van der Waals surface area contributed by atoms with Crippen LogP contribution in [-0.2, 0) is 0 Å². The lowest BCUT2D eigenvalue weighted by Gasteiger charge is -2.45. The molecule has 2 heteroatoms. The maximum Gasteiger partial charge on any atom is 0.115 e. The summed E-state index contributed by atoms with van der Waals surface area (Å²) in [6.45, 7) is 12.6. The quantitative estimate of drug-likeness (QED) is 0.780. The molecule has 1 atom stereocenters. The Kier molecular flexibility index (Phi) is 4.02. The minimum Gasteiger partial charge on any atom is -0.508 e. The summed E-state index contributed by atoms with van der Waals surface area (Å²) in [5.41, 5.74) is -0.168. The fraction of sp³-hybridized carbons (Fsp3) is 0.750. The normalized spacial score (nSPS) is 25.7. The molecule has 1 aliphatic rings. The van der Waals surface area contributed by atoms with Crippen LogP contribution < -0.4 is 0 Å². The van der Waals surface area contributed by atoms with E-state index in [0.29, 0.717) is 12.2 Å². The lowest BCUT2D eigenvalue weighted by molar-refractivity contribution is -0.0322. The summed E-state index contributed by atoms with van der Waals surface area (Å²) in [6.07, 6.45) is 5.81. The lowest BCUT2D eigenvalue weighted by Crippen LogP contribution is -2.45. The van der Waals surface area contributed by atoms with Crippen LogP contribution in [0.3, 0.4) is 0 Å². The van der Waals surface area contributed by atoms with E-state index >= 15 is 0 Å². The topological polar surface area (TPSA) is 40.5 Å². The summed E-state index contributed by atoms with van der Waals surface area (Å²) in [5.74, 6) is 0.332. The van der Waals surface area contributed by atoms with E-state index in [2.05, 4.69) is 41.5 Å². The number of aliphatic hydroxyl groups is 2. The Hall–Kier alpha value is -0.760. The van der Waals surface area contributed by atoms with Gasteiger partial charge in [0.2, 0.25) is 0 Å². The molecule has 2 nitrogen and oxygen atoms in total. The minimum atomic E-state index is -0.865. The molecule has 1 rings (SSSR count). The van der Waals surface area contributed by atoms with Crippen molar-refractivity contribution in [1.29, 1.82) is 0 Å². The molecule has 0 fully saturated rings. The number of allylic oxidation sites excluding steroid dienone is 1. The van der Waals surface area contributed by atoms with Crippen LogP contribution in [0, 0.1) is 10.8 Å². The van der Waals surface area contributed by atoms with Crippen molar-refractivity contribution in [3.05, 3.63) is 23.5 Å². The summed E-state index contributed by atoms with van der Waals surface area (Å²) in [6, 6.07) is 0. The zero-order valence-electron chi connectivity index (χ0n) is 12.7. The molecular formula is C16H28O2. The highest BCUT2D eigenvalue weighted by Gasteiger charge is 2.44. The third-order valence-corrected chi connectivity index (χ3v) is 5.03. The van der Waals surface area contributed by atoms with Crippen molar-refractivity contribution in [2.24, 2.45) is 10.8 Å². The number of rotatable bonds is 4. The Bertz CT molecular complexity index is 375. The molecule has 0 heterocycles. The van der Waals surface area contributed by atoms with Crippen LogP contribution in [0.15, 0.2) is 23.5 Å². The summed E-state index contributed by atoms with van der Waals surface area (Å²) < 4.78 is 0. The highest BCUT2D eigenvalue weighted by atomic mass is 16.3. The Morgan fingerprint density at radius 2 is 1.72 bits per heavy atom. The first-order valence-corrected chi connectivity index (χ1v) is 6.94. The van der Waals surface area contributed by atoms with Gasteiger partial charge in [0.05, 0.1) is 5.60 Å². The van der Waals surface area contributed by atoms with Gasteiger partial charge in [0.25, 0.3) is 0 Å². The molecular weight excluding hydrogens is 224 g/mol. The van der Waals surface area contributed by atoms with Crippen LogP contribution >= 0.6 is 0 Å². The SMILES string of the molecule is CCC(C)(C)C1=C(O)C=CC(O)(C(C)(C)CC)C1. The van der Waals surface area contributed by atoms with Crippen molar-refractivity contribution in [2.75, 3.05) is 0 Å². The van der Waals surface area contributed by atoms with E-state index in [1.165, 1.54) is 0 Å². The molecule has 0 radical (unpaired) electrons. The maximum absolute atomic E-state index is 10.9. The fourth-order valence-electron chi connectivity index (χ4n) is 2.31. The zero-order chi connectivity index (χ0) is 14.2. The van der Waals surface area contributed by atoms with E-state index in [-0.39, 0.29) is 10.8 Å². The molecule has 0 amide bonds. The molecule has 0 spiro atoms.